The molecule has 68 valence electrons. The molecule has 0 aliphatic heterocycles. The van der Waals surface area contributed by atoms with Gasteiger partial charge in [0.05, 0.1) is 0 Å². The average Bonchev–Trinajstić information content (AvgIpc) is 2.42. The highest BCUT2D eigenvalue weighted by molar-refractivity contribution is 6.55. The fourth-order valence-corrected chi connectivity index (χ4v) is 3.47. The number of fused-ring (bicyclic) bond motifs is 2. The van der Waals surface area contributed by atoms with Gasteiger partial charge in [-0.3, -0.25) is 4.79 Å². The van der Waals surface area contributed by atoms with E-state index in [9.17, 15) is 4.79 Å². The molecular formula is C9H16O2Si. The van der Waals surface area contributed by atoms with Crippen molar-refractivity contribution in [1.82, 2.24) is 0 Å². The zero-order valence-electron chi connectivity index (χ0n) is 7.80. The van der Waals surface area contributed by atoms with Gasteiger partial charge in [0.2, 0.25) is 0 Å². The van der Waals surface area contributed by atoms with Crippen molar-refractivity contribution in [3.63, 3.8) is 0 Å². The first-order valence-electron chi connectivity index (χ1n) is 4.80. The van der Waals surface area contributed by atoms with Crippen LogP contribution < -0.4 is 0 Å². The van der Waals surface area contributed by atoms with Gasteiger partial charge < -0.3 is 4.74 Å². The fraction of sp³-hybridized carbons (Fsp3) is 0.889. The summed E-state index contributed by atoms with van der Waals surface area (Å²) in [5.74, 6) is 1.52. The molecule has 3 unspecified atom stereocenters. The van der Waals surface area contributed by atoms with E-state index in [1.54, 1.807) is 0 Å². The van der Waals surface area contributed by atoms with Crippen molar-refractivity contribution in [2.45, 2.75) is 38.2 Å². The van der Waals surface area contributed by atoms with Crippen molar-refractivity contribution >= 4 is 15.8 Å². The highest BCUT2D eigenvalue weighted by atomic mass is 28.1. The van der Waals surface area contributed by atoms with Gasteiger partial charge in [-0.25, -0.2) is 0 Å². The lowest BCUT2D eigenvalue weighted by atomic mass is 9.86. The van der Waals surface area contributed by atoms with E-state index >= 15 is 0 Å². The zero-order chi connectivity index (χ0) is 8.77. The Kier molecular flexibility index (Phi) is 1.79. The van der Waals surface area contributed by atoms with Crippen molar-refractivity contribution in [2.75, 3.05) is 0 Å². The SMILES string of the molecule is CC1(OC(=O)[SiH3])CC2CCC1C2. The minimum atomic E-state index is -0.0816. The molecule has 2 aliphatic rings. The maximum atomic E-state index is 10.9. The summed E-state index contributed by atoms with van der Waals surface area (Å²) in [7, 11) is 0.534. The topological polar surface area (TPSA) is 26.3 Å². The van der Waals surface area contributed by atoms with Crippen LogP contribution in [0.2, 0.25) is 0 Å². The maximum absolute atomic E-state index is 10.9. The van der Waals surface area contributed by atoms with Crippen molar-refractivity contribution in [3.8, 4) is 0 Å². The maximum Gasteiger partial charge on any atom is 0.260 e. The number of carbonyl (C=O) groups excluding carboxylic acids is 1. The number of hydrogen-bond acceptors (Lipinski definition) is 2. The predicted molar refractivity (Wildman–Crippen MR) is 50.3 cm³/mol. The summed E-state index contributed by atoms with van der Waals surface area (Å²) in [6.45, 7) is 2.12. The molecule has 2 rings (SSSR count). The third kappa shape index (κ3) is 1.20. The molecule has 0 aromatic heterocycles. The first kappa shape index (κ1) is 8.29. The number of hydrogen-bond donors (Lipinski definition) is 0. The number of rotatable bonds is 1. The summed E-state index contributed by atoms with van der Waals surface area (Å²) in [6, 6.07) is 0. The predicted octanol–water partition coefficient (Wildman–Crippen LogP) is 1.07. The molecule has 0 N–H and O–H groups in total. The van der Waals surface area contributed by atoms with Gasteiger partial charge >= 0.3 is 0 Å². The van der Waals surface area contributed by atoms with Crippen LogP contribution in [0.15, 0.2) is 0 Å². The van der Waals surface area contributed by atoms with Crippen molar-refractivity contribution < 1.29 is 9.53 Å². The van der Waals surface area contributed by atoms with Crippen LogP contribution in [0.5, 0.6) is 0 Å². The Bertz CT molecular complexity index is 217. The quantitative estimate of drug-likeness (QED) is 0.570. The Labute approximate surface area is 76.1 Å². The van der Waals surface area contributed by atoms with Crippen molar-refractivity contribution in [3.05, 3.63) is 0 Å². The second kappa shape index (κ2) is 2.59. The van der Waals surface area contributed by atoms with Gasteiger partial charge in [-0.1, -0.05) is 0 Å². The van der Waals surface area contributed by atoms with Gasteiger partial charge in [0.15, 0.2) is 0 Å². The van der Waals surface area contributed by atoms with Crippen LogP contribution >= 0.6 is 0 Å². The molecule has 0 heterocycles. The Morgan fingerprint density at radius 1 is 1.58 bits per heavy atom. The number of ether oxygens (including phenoxy) is 1. The molecule has 0 amide bonds. The second-order valence-electron chi connectivity index (χ2n) is 4.49. The standard InChI is InChI=1S/C9H16O2Si/c1-9(11-8(10)12)5-6-2-3-7(9)4-6/h6-7H,2-5H2,1,12H3. The van der Waals surface area contributed by atoms with E-state index in [1.807, 2.05) is 0 Å². The monoisotopic (exact) mass is 184 g/mol. The lowest BCUT2D eigenvalue weighted by molar-refractivity contribution is -0.00265. The van der Waals surface area contributed by atoms with Gasteiger partial charge in [0.1, 0.15) is 15.8 Å². The second-order valence-corrected chi connectivity index (χ2v) is 5.30. The summed E-state index contributed by atoms with van der Waals surface area (Å²) < 4.78 is 5.46. The lowest BCUT2D eigenvalue weighted by Crippen LogP contribution is -2.36. The van der Waals surface area contributed by atoms with E-state index in [0.29, 0.717) is 16.2 Å². The van der Waals surface area contributed by atoms with Crippen LogP contribution in [-0.2, 0) is 4.74 Å². The van der Waals surface area contributed by atoms with Crippen LogP contribution in [0.3, 0.4) is 0 Å². The smallest absolute Gasteiger partial charge is 0.260 e. The van der Waals surface area contributed by atoms with Crippen LogP contribution in [0.4, 0.5) is 4.79 Å². The molecule has 12 heavy (non-hydrogen) atoms. The molecule has 0 aromatic carbocycles. The molecule has 0 saturated heterocycles. The van der Waals surface area contributed by atoms with Gasteiger partial charge in [-0.15, -0.1) is 0 Å². The summed E-state index contributed by atoms with van der Waals surface area (Å²) >= 11 is 0. The van der Waals surface area contributed by atoms with Crippen LogP contribution in [0, 0.1) is 11.8 Å². The Morgan fingerprint density at radius 3 is 2.75 bits per heavy atom. The first-order valence-corrected chi connectivity index (χ1v) is 5.80. The Morgan fingerprint density at radius 2 is 2.33 bits per heavy atom. The first-order chi connectivity index (χ1) is 5.60. The summed E-state index contributed by atoms with van der Waals surface area (Å²) in [5.41, 5.74) is -0.0630. The van der Waals surface area contributed by atoms with E-state index in [4.69, 9.17) is 4.74 Å². The van der Waals surface area contributed by atoms with Crippen LogP contribution in [0.1, 0.15) is 32.6 Å². The summed E-state index contributed by atoms with van der Waals surface area (Å²) in [6.07, 6.45) is 5.05. The lowest BCUT2D eigenvalue weighted by Gasteiger charge is -2.33. The minimum Gasteiger partial charge on any atom is -0.464 e. The molecule has 0 radical (unpaired) electrons. The molecule has 0 spiro atoms. The fourth-order valence-electron chi connectivity index (χ4n) is 3.01. The van der Waals surface area contributed by atoms with Gasteiger partial charge in [-0.2, -0.15) is 0 Å². The van der Waals surface area contributed by atoms with Crippen molar-refractivity contribution in [2.24, 2.45) is 11.8 Å². The van der Waals surface area contributed by atoms with E-state index < -0.39 is 0 Å². The molecule has 3 heteroatoms. The average molecular weight is 184 g/mol. The van der Waals surface area contributed by atoms with Crippen molar-refractivity contribution in [1.29, 1.82) is 0 Å². The summed E-state index contributed by atoms with van der Waals surface area (Å²) in [4.78, 5) is 10.9. The van der Waals surface area contributed by atoms with Crippen LogP contribution in [0.25, 0.3) is 0 Å². The van der Waals surface area contributed by atoms with Gasteiger partial charge in [0.25, 0.3) is 5.59 Å². The highest BCUT2D eigenvalue weighted by Crippen LogP contribution is 2.52. The molecule has 2 aliphatic carbocycles. The van der Waals surface area contributed by atoms with E-state index in [0.717, 1.165) is 12.3 Å². The molecule has 0 aromatic rings. The highest BCUT2D eigenvalue weighted by Gasteiger charge is 2.50. The molecule has 2 nitrogen and oxygen atoms in total. The Balaban J connectivity index is 2.07. The number of carbonyl (C=O) groups is 1. The third-order valence-corrected chi connectivity index (χ3v) is 3.68. The van der Waals surface area contributed by atoms with E-state index in [1.165, 1.54) is 19.3 Å². The van der Waals surface area contributed by atoms with E-state index in [-0.39, 0.29) is 11.2 Å². The molecular weight excluding hydrogens is 168 g/mol. The van der Waals surface area contributed by atoms with Crippen LogP contribution in [-0.4, -0.2) is 21.4 Å². The third-order valence-electron chi connectivity index (χ3n) is 3.48. The molecule has 2 fully saturated rings. The molecule has 2 bridgehead atoms. The Hall–Kier alpha value is -0.313. The van der Waals surface area contributed by atoms with Gasteiger partial charge in [-0.05, 0) is 44.4 Å². The van der Waals surface area contributed by atoms with Gasteiger partial charge in [0, 0.05) is 0 Å². The normalized spacial score (nSPS) is 45.1. The largest absolute Gasteiger partial charge is 0.464 e. The zero-order valence-corrected chi connectivity index (χ0v) is 9.80. The molecule has 2 saturated carbocycles. The van der Waals surface area contributed by atoms with E-state index in [2.05, 4.69) is 6.92 Å². The molecule has 3 atom stereocenters. The summed E-state index contributed by atoms with van der Waals surface area (Å²) in [5, 5.41) is 0. The minimum absolute atomic E-state index is 0.0186.